The number of nitrogens with zero attached hydrogens (tertiary/aromatic N) is 2. The Kier molecular flexibility index (Phi) is 11.5. The topological polar surface area (TPSA) is 6.48 Å². The molecule has 12 aromatic carbocycles. The van der Waals surface area contributed by atoms with Gasteiger partial charge in [0.15, 0.2) is 0 Å². The highest BCUT2D eigenvalue weighted by Gasteiger charge is 2.47. The highest BCUT2D eigenvalue weighted by Crippen LogP contribution is 2.58. The molecule has 2 heteroatoms. The van der Waals surface area contributed by atoms with Gasteiger partial charge in [0, 0.05) is 34.1 Å². The van der Waals surface area contributed by atoms with Crippen LogP contribution in [0.4, 0.5) is 34.1 Å². The second-order valence-corrected chi connectivity index (χ2v) is 20.9. The third-order valence-electron chi connectivity index (χ3n) is 16.6. The maximum absolute atomic E-state index is 2.37. The fraction of sp³-hybridized carbons (Fsp3) is 0.0526. The lowest BCUT2D eigenvalue weighted by molar-refractivity contribution is 0.768. The van der Waals surface area contributed by atoms with E-state index >= 15 is 0 Å². The highest BCUT2D eigenvalue weighted by atomic mass is 15.1. The smallest absolute Gasteiger partial charge is 0.0713 e. The van der Waals surface area contributed by atoms with E-state index in [1.807, 2.05) is 0 Å². The van der Waals surface area contributed by atoms with Crippen LogP contribution >= 0.6 is 0 Å². The van der Waals surface area contributed by atoms with Crippen LogP contribution < -0.4 is 9.80 Å². The molecule has 0 fully saturated rings. The average molecular weight is 997 g/mol. The first kappa shape index (κ1) is 46.7. The Hall–Kier alpha value is -9.76. The quantitative estimate of drug-likeness (QED) is 0.127. The molecule has 0 saturated carbocycles. The van der Waals surface area contributed by atoms with E-state index in [4.69, 9.17) is 0 Å². The summed E-state index contributed by atoms with van der Waals surface area (Å²) in [6, 6.07) is 112. The maximum atomic E-state index is 2.37. The summed E-state index contributed by atoms with van der Waals surface area (Å²) >= 11 is 0. The molecule has 0 saturated heterocycles. The van der Waals surface area contributed by atoms with Gasteiger partial charge in [-0.05, 0) is 165 Å². The van der Waals surface area contributed by atoms with Gasteiger partial charge in [-0.25, -0.2) is 0 Å². The van der Waals surface area contributed by atoms with Gasteiger partial charge < -0.3 is 9.80 Å². The monoisotopic (exact) mass is 996 g/mol. The summed E-state index contributed by atoms with van der Waals surface area (Å²) in [5.74, 6) is 0. The Balaban J connectivity index is 0.802. The molecule has 0 unspecified atom stereocenters. The summed E-state index contributed by atoms with van der Waals surface area (Å²) < 4.78 is 0. The van der Waals surface area contributed by atoms with Gasteiger partial charge in [-0.1, -0.05) is 242 Å². The van der Waals surface area contributed by atoms with Gasteiger partial charge in [0.25, 0.3) is 0 Å². The van der Waals surface area contributed by atoms with Gasteiger partial charge >= 0.3 is 0 Å². The fourth-order valence-corrected chi connectivity index (χ4v) is 13.0. The number of anilines is 6. The van der Waals surface area contributed by atoms with E-state index in [2.05, 4.69) is 327 Å². The van der Waals surface area contributed by atoms with E-state index in [1.54, 1.807) is 0 Å². The molecule has 0 atom stereocenters. The van der Waals surface area contributed by atoms with Crippen LogP contribution in [-0.2, 0) is 10.8 Å². The van der Waals surface area contributed by atoms with Crippen molar-refractivity contribution in [1.29, 1.82) is 0 Å². The second-order valence-electron chi connectivity index (χ2n) is 20.9. The Morgan fingerprint density at radius 3 is 0.705 bits per heavy atom. The lowest BCUT2D eigenvalue weighted by Crippen LogP contribution is -2.28. The first-order valence-electron chi connectivity index (χ1n) is 27.2. The number of aryl methyl sites for hydroxylation is 2. The van der Waals surface area contributed by atoms with Crippen LogP contribution in [0.25, 0.3) is 33.4 Å². The summed E-state index contributed by atoms with van der Waals surface area (Å²) in [6.45, 7) is 4.30. The normalized spacial score (nSPS) is 13.2. The zero-order valence-corrected chi connectivity index (χ0v) is 43.8. The van der Waals surface area contributed by atoms with E-state index in [0.717, 1.165) is 45.3 Å². The van der Waals surface area contributed by atoms with Crippen molar-refractivity contribution in [1.82, 2.24) is 0 Å². The number of fused-ring (bicyclic) bond motifs is 6. The summed E-state index contributed by atoms with van der Waals surface area (Å²) in [7, 11) is 0. The Labute approximate surface area is 458 Å². The Morgan fingerprint density at radius 1 is 0.205 bits per heavy atom. The van der Waals surface area contributed by atoms with Crippen molar-refractivity contribution < 1.29 is 0 Å². The zero-order chi connectivity index (χ0) is 52.2. The maximum Gasteiger partial charge on any atom is 0.0713 e. The van der Waals surface area contributed by atoms with Gasteiger partial charge in [0.05, 0.1) is 10.8 Å². The minimum atomic E-state index is -0.456. The van der Waals surface area contributed by atoms with E-state index in [1.165, 1.54) is 77.9 Å². The van der Waals surface area contributed by atoms with Crippen molar-refractivity contribution in [3.05, 3.63) is 359 Å². The number of hydrogen-bond donors (Lipinski definition) is 0. The largest absolute Gasteiger partial charge is 0.311 e. The molecule has 0 spiro atoms. The van der Waals surface area contributed by atoms with Crippen LogP contribution in [0.3, 0.4) is 0 Å². The van der Waals surface area contributed by atoms with E-state index < -0.39 is 10.8 Å². The van der Waals surface area contributed by atoms with Crippen molar-refractivity contribution in [2.45, 2.75) is 24.7 Å². The molecular weight excluding hydrogens is 941 g/mol. The van der Waals surface area contributed by atoms with E-state index in [0.29, 0.717) is 0 Å². The van der Waals surface area contributed by atoms with Crippen molar-refractivity contribution in [2.75, 3.05) is 9.80 Å². The third kappa shape index (κ3) is 7.47. The molecule has 0 radical (unpaired) electrons. The lowest BCUT2D eigenvalue weighted by Gasteiger charge is -2.34. The molecule has 0 aliphatic heterocycles. The number of rotatable bonds is 11. The molecule has 14 rings (SSSR count). The summed E-state index contributed by atoms with van der Waals surface area (Å²) in [6.07, 6.45) is 0. The molecule has 0 N–H and O–H groups in total. The summed E-state index contributed by atoms with van der Waals surface area (Å²) in [5.41, 5.74) is 25.9. The molecule has 78 heavy (non-hydrogen) atoms. The van der Waals surface area contributed by atoms with Gasteiger partial charge in [-0.3, -0.25) is 0 Å². The predicted molar refractivity (Wildman–Crippen MR) is 325 cm³/mol. The molecule has 370 valence electrons. The van der Waals surface area contributed by atoms with Crippen LogP contribution in [0, 0.1) is 13.8 Å². The van der Waals surface area contributed by atoms with Crippen LogP contribution in [-0.4, -0.2) is 0 Å². The van der Waals surface area contributed by atoms with Gasteiger partial charge in [0.1, 0.15) is 0 Å². The molecule has 0 aromatic heterocycles. The van der Waals surface area contributed by atoms with Crippen molar-refractivity contribution >= 4 is 34.1 Å². The molecule has 0 bridgehead atoms. The molecule has 2 aliphatic carbocycles. The minimum Gasteiger partial charge on any atom is -0.311 e. The Bertz CT molecular complexity index is 3740. The van der Waals surface area contributed by atoms with Gasteiger partial charge in [0.2, 0.25) is 0 Å². The van der Waals surface area contributed by atoms with Crippen LogP contribution in [0.15, 0.2) is 303 Å². The zero-order valence-electron chi connectivity index (χ0n) is 43.8. The molecule has 12 aromatic rings. The van der Waals surface area contributed by atoms with Crippen molar-refractivity contribution in [3.8, 4) is 33.4 Å². The standard InChI is InChI=1S/C76H56N2/c1-53-29-41-61(42-30-53)77(65-49-37-59(38-50-65)75(57-17-5-3-6-18-57)71-25-13-9-21-67(71)68-22-10-14-26-72(68)75)63-45-33-55(34-46-63)56-35-47-64(48-36-56)78(62-43-31-54(2)32-44-62)66-51-39-60(40-52-66)76(58-19-7-4-8-20-58)73-27-15-11-23-69(73)70-24-12-16-28-74(70)76/h3-52H,1-2H3. The summed E-state index contributed by atoms with van der Waals surface area (Å²) in [5, 5.41) is 0. The van der Waals surface area contributed by atoms with Crippen LogP contribution in [0.2, 0.25) is 0 Å². The lowest BCUT2D eigenvalue weighted by atomic mass is 9.68. The predicted octanol–water partition coefficient (Wildman–Crippen LogP) is 19.6. The van der Waals surface area contributed by atoms with Crippen LogP contribution in [0.5, 0.6) is 0 Å². The average Bonchev–Trinajstić information content (AvgIpc) is 4.20. The third-order valence-corrected chi connectivity index (χ3v) is 16.6. The first-order chi connectivity index (χ1) is 38.5. The fourth-order valence-electron chi connectivity index (χ4n) is 13.0. The molecule has 2 aliphatic rings. The number of benzene rings is 12. The van der Waals surface area contributed by atoms with E-state index in [9.17, 15) is 0 Å². The van der Waals surface area contributed by atoms with Gasteiger partial charge in [-0.2, -0.15) is 0 Å². The van der Waals surface area contributed by atoms with Crippen molar-refractivity contribution in [3.63, 3.8) is 0 Å². The highest BCUT2D eigenvalue weighted by molar-refractivity contribution is 5.89. The van der Waals surface area contributed by atoms with Crippen LogP contribution in [0.1, 0.15) is 55.6 Å². The SMILES string of the molecule is Cc1ccc(N(c2ccc(-c3ccc(N(c4ccc(C)cc4)c4ccc(C5(c6ccccc6)c6ccccc6-c6ccccc65)cc4)cc3)cc2)c2ccc(C3(c4ccccc4)c4ccccc4-c4ccccc43)cc2)cc1. The minimum absolute atomic E-state index is 0.456. The second kappa shape index (κ2) is 19.1. The van der Waals surface area contributed by atoms with Gasteiger partial charge in [-0.15, -0.1) is 0 Å². The first-order valence-corrected chi connectivity index (χ1v) is 27.2. The number of hydrogen-bond acceptors (Lipinski definition) is 2. The summed E-state index contributed by atoms with van der Waals surface area (Å²) in [4.78, 5) is 4.75. The van der Waals surface area contributed by atoms with Crippen molar-refractivity contribution in [2.24, 2.45) is 0 Å². The van der Waals surface area contributed by atoms with E-state index in [-0.39, 0.29) is 0 Å². The molecule has 0 heterocycles. The molecule has 2 nitrogen and oxygen atoms in total. The molecular formula is C76H56N2. The molecule has 0 amide bonds. The Morgan fingerprint density at radius 2 is 0.423 bits per heavy atom.